The lowest BCUT2D eigenvalue weighted by Crippen LogP contribution is -2.26. The number of para-hydroxylation sites is 2. The highest BCUT2D eigenvalue weighted by Crippen LogP contribution is 2.36. The molecule has 126 valence electrons. The molecule has 0 saturated heterocycles. The fourth-order valence-electron chi connectivity index (χ4n) is 3.47. The average molecular weight is 331 g/mol. The van der Waals surface area contributed by atoms with E-state index in [4.69, 9.17) is 4.98 Å². The van der Waals surface area contributed by atoms with Crippen molar-refractivity contribution in [2.24, 2.45) is 0 Å². The second-order valence-corrected chi connectivity index (χ2v) is 6.59. The molecule has 25 heavy (non-hydrogen) atoms. The molecular weight excluding hydrogens is 310 g/mol. The largest absolute Gasteiger partial charge is 0.338 e. The first-order chi connectivity index (χ1) is 12.1. The van der Waals surface area contributed by atoms with Gasteiger partial charge >= 0.3 is 0 Å². The molecule has 0 aliphatic carbocycles. The van der Waals surface area contributed by atoms with Gasteiger partial charge in [-0.05, 0) is 49.9 Å². The topological polar surface area (TPSA) is 53.9 Å². The Kier molecular flexibility index (Phi) is 3.84. The number of nitrogens with zero attached hydrogens (tertiary/aromatic N) is 4. The first-order valence-electron chi connectivity index (χ1n) is 8.53. The van der Waals surface area contributed by atoms with E-state index >= 15 is 0 Å². The van der Waals surface area contributed by atoms with Crippen molar-refractivity contribution in [3.63, 3.8) is 0 Å². The molecule has 0 saturated carbocycles. The Bertz CT molecular complexity index is 901. The summed E-state index contributed by atoms with van der Waals surface area (Å²) in [7, 11) is 0. The fourth-order valence-corrected chi connectivity index (χ4v) is 3.47. The van der Waals surface area contributed by atoms with Crippen LogP contribution < -0.4 is 10.2 Å². The van der Waals surface area contributed by atoms with Crippen LogP contribution in [0.3, 0.4) is 0 Å². The molecule has 4 rings (SSSR count). The maximum Gasteiger partial charge on any atom is 0.252 e. The second-order valence-electron chi connectivity index (χ2n) is 6.59. The standard InChI is InChI=1S/C20H21N5/c1-13-7-6-8-14(2)19(13)22-18-12-21-24-20(23-18)25-15(3)11-16-9-4-5-10-17(16)25/h4-10,12,15H,11H2,1-3H3,(H,22,23,24). The van der Waals surface area contributed by atoms with Crippen molar-refractivity contribution in [2.45, 2.75) is 33.2 Å². The van der Waals surface area contributed by atoms with E-state index in [-0.39, 0.29) is 0 Å². The van der Waals surface area contributed by atoms with Crippen molar-refractivity contribution in [2.75, 3.05) is 10.2 Å². The number of hydrogen-bond acceptors (Lipinski definition) is 5. The summed E-state index contributed by atoms with van der Waals surface area (Å²) in [6.07, 6.45) is 2.66. The molecule has 3 aromatic rings. The molecule has 0 radical (unpaired) electrons. The van der Waals surface area contributed by atoms with Crippen LogP contribution in [0, 0.1) is 13.8 Å². The van der Waals surface area contributed by atoms with E-state index in [0.29, 0.717) is 17.8 Å². The summed E-state index contributed by atoms with van der Waals surface area (Å²) in [5, 5.41) is 11.9. The third-order valence-corrected chi connectivity index (χ3v) is 4.70. The Hall–Kier alpha value is -2.95. The van der Waals surface area contributed by atoms with E-state index < -0.39 is 0 Å². The highest BCUT2D eigenvalue weighted by atomic mass is 15.4. The predicted octanol–water partition coefficient (Wildman–Crippen LogP) is 4.31. The Labute approximate surface area is 147 Å². The maximum absolute atomic E-state index is 4.72. The molecule has 2 heterocycles. The molecule has 0 spiro atoms. The lowest BCUT2D eigenvalue weighted by Gasteiger charge is -2.22. The lowest BCUT2D eigenvalue weighted by molar-refractivity contribution is 0.730. The van der Waals surface area contributed by atoms with Gasteiger partial charge in [0.05, 0.1) is 6.20 Å². The van der Waals surface area contributed by atoms with Crippen molar-refractivity contribution >= 4 is 23.1 Å². The fraction of sp³-hybridized carbons (Fsp3) is 0.250. The van der Waals surface area contributed by atoms with E-state index in [2.05, 4.69) is 83.6 Å². The molecule has 0 bridgehead atoms. The number of anilines is 4. The first-order valence-corrected chi connectivity index (χ1v) is 8.53. The molecule has 1 atom stereocenters. The molecule has 1 N–H and O–H groups in total. The minimum atomic E-state index is 0.314. The third kappa shape index (κ3) is 2.82. The second kappa shape index (κ2) is 6.16. The quantitative estimate of drug-likeness (QED) is 0.775. The normalized spacial score (nSPS) is 16.0. The zero-order valence-electron chi connectivity index (χ0n) is 14.7. The Morgan fingerprint density at radius 2 is 1.80 bits per heavy atom. The summed E-state index contributed by atoms with van der Waals surface area (Å²) in [5.74, 6) is 1.34. The van der Waals surface area contributed by atoms with Crippen molar-refractivity contribution in [3.05, 3.63) is 65.4 Å². The first kappa shape index (κ1) is 15.6. The van der Waals surface area contributed by atoms with Gasteiger partial charge in [-0.2, -0.15) is 10.1 Å². The smallest absolute Gasteiger partial charge is 0.252 e. The Morgan fingerprint density at radius 3 is 2.60 bits per heavy atom. The minimum Gasteiger partial charge on any atom is -0.338 e. The van der Waals surface area contributed by atoms with Crippen LogP contribution in [0.1, 0.15) is 23.6 Å². The van der Waals surface area contributed by atoms with E-state index in [9.17, 15) is 0 Å². The van der Waals surface area contributed by atoms with Crippen LogP contribution in [-0.4, -0.2) is 21.2 Å². The van der Waals surface area contributed by atoms with Gasteiger partial charge in [0, 0.05) is 17.4 Å². The molecule has 1 aromatic heterocycles. The summed E-state index contributed by atoms with van der Waals surface area (Å²) < 4.78 is 0. The molecule has 0 amide bonds. The number of fused-ring (bicyclic) bond motifs is 1. The zero-order chi connectivity index (χ0) is 17.4. The van der Waals surface area contributed by atoms with Crippen LogP contribution in [0.15, 0.2) is 48.7 Å². The summed E-state index contributed by atoms with van der Waals surface area (Å²) >= 11 is 0. The van der Waals surface area contributed by atoms with Gasteiger partial charge in [-0.25, -0.2) is 0 Å². The molecule has 1 aliphatic heterocycles. The minimum absolute atomic E-state index is 0.314. The number of hydrogen-bond donors (Lipinski definition) is 1. The molecule has 5 nitrogen and oxygen atoms in total. The summed E-state index contributed by atoms with van der Waals surface area (Å²) in [6.45, 7) is 6.36. The van der Waals surface area contributed by atoms with Gasteiger partial charge in [0.15, 0.2) is 5.82 Å². The summed E-state index contributed by atoms with van der Waals surface area (Å²) in [6, 6.07) is 15.0. The molecule has 1 unspecified atom stereocenters. The Morgan fingerprint density at radius 1 is 1.04 bits per heavy atom. The van der Waals surface area contributed by atoms with E-state index in [1.807, 2.05) is 0 Å². The molecule has 0 fully saturated rings. The SMILES string of the molecule is Cc1cccc(C)c1Nc1cnnc(N2c3ccccc3CC2C)n1. The van der Waals surface area contributed by atoms with Crippen molar-refractivity contribution in [1.29, 1.82) is 0 Å². The number of rotatable bonds is 3. The van der Waals surface area contributed by atoms with Crippen molar-refractivity contribution < 1.29 is 0 Å². The van der Waals surface area contributed by atoms with Gasteiger partial charge in [-0.15, -0.1) is 5.10 Å². The van der Waals surface area contributed by atoms with Crippen LogP contribution >= 0.6 is 0 Å². The highest BCUT2D eigenvalue weighted by Gasteiger charge is 2.29. The van der Waals surface area contributed by atoms with Gasteiger partial charge in [0.25, 0.3) is 5.95 Å². The maximum atomic E-state index is 4.72. The summed E-state index contributed by atoms with van der Waals surface area (Å²) in [5.41, 5.74) is 5.93. The van der Waals surface area contributed by atoms with E-state index in [1.165, 1.54) is 22.4 Å². The van der Waals surface area contributed by atoms with Gasteiger partial charge in [-0.1, -0.05) is 36.4 Å². The lowest BCUT2D eigenvalue weighted by atomic mass is 10.1. The van der Waals surface area contributed by atoms with Gasteiger partial charge < -0.3 is 10.2 Å². The van der Waals surface area contributed by atoms with Crippen LogP contribution in [0.2, 0.25) is 0 Å². The molecule has 2 aromatic carbocycles. The predicted molar refractivity (Wildman–Crippen MR) is 101 cm³/mol. The van der Waals surface area contributed by atoms with Crippen LogP contribution in [-0.2, 0) is 6.42 Å². The van der Waals surface area contributed by atoms with Gasteiger partial charge in [0.1, 0.15) is 0 Å². The number of benzene rings is 2. The number of nitrogens with one attached hydrogen (secondary N) is 1. The molecule has 1 aliphatic rings. The average Bonchev–Trinajstić information content (AvgIpc) is 2.94. The Balaban J connectivity index is 1.69. The van der Waals surface area contributed by atoms with Crippen LogP contribution in [0.4, 0.5) is 23.1 Å². The molecule has 5 heteroatoms. The monoisotopic (exact) mass is 331 g/mol. The highest BCUT2D eigenvalue weighted by molar-refractivity contribution is 5.69. The van der Waals surface area contributed by atoms with E-state index in [1.54, 1.807) is 6.20 Å². The molecular formula is C20H21N5. The number of aromatic nitrogens is 3. The third-order valence-electron chi connectivity index (χ3n) is 4.70. The van der Waals surface area contributed by atoms with Crippen LogP contribution in [0.5, 0.6) is 0 Å². The van der Waals surface area contributed by atoms with Gasteiger partial charge in [-0.3, -0.25) is 0 Å². The van der Waals surface area contributed by atoms with E-state index in [0.717, 1.165) is 12.1 Å². The van der Waals surface area contributed by atoms with Crippen molar-refractivity contribution in [3.8, 4) is 0 Å². The number of aryl methyl sites for hydroxylation is 2. The van der Waals surface area contributed by atoms with Gasteiger partial charge in [0.2, 0.25) is 0 Å². The zero-order valence-corrected chi connectivity index (χ0v) is 14.7. The van der Waals surface area contributed by atoms with Crippen molar-refractivity contribution in [1.82, 2.24) is 15.2 Å². The van der Waals surface area contributed by atoms with Crippen LogP contribution in [0.25, 0.3) is 0 Å². The summed E-state index contributed by atoms with van der Waals surface area (Å²) in [4.78, 5) is 6.89.